The van der Waals surface area contributed by atoms with E-state index in [1.807, 2.05) is 0 Å². The van der Waals surface area contributed by atoms with Crippen molar-refractivity contribution < 1.29 is 27.3 Å². The fourth-order valence-electron chi connectivity index (χ4n) is 3.47. The Balaban J connectivity index is 1.73. The minimum absolute atomic E-state index is 0.110. The van der Waals surface area contributed by atoms with Gasteiger partial charge in [-0.1, -0.05) is 18.9 Å². The standard InChI is InChI=1S/C21H24FN3O6S/c1-15-6-8-17(13-20(15)32(29,30)24-10-4-2-3-5-11-24)23-21(26)14-31-19-12-16(22)7-9-18(19)25(27)28/h6-9,12-13H,2-5,10-11,14H2,1H3,(H,23,26). The van der Waals surface area contributed by atoms with E-state index in [-0.39, 0.29) is 16.3 Å². The number of hydrogen-bond acceptors (Lipinski definition) is 6. The smallest absolute Gasteiger partial charge is 0.311 e. The quantitative estimate of drug-likeness (QED) is 0.493. The Kier molecular flexibility index (Phi) is 7.41. The van der Waals surface area contributed by atoms with Crippen LogP contribution >= 0.6 is 0 Å². The zero-order valence-electron chi connectivity index (χ0n) is 17.5. The van der Waals surface area contributed by atoms with Crippen molar-refractivity contribution in [1.82, 2.24) is 4.31 Å². The molecule has 0 aromatic heterocycles. The molecule has 32 heavy (non-hydrogen) atoms. The van der Waals surface area contributed by atoms with Crippen LogP contribution in [0, 0.1) is 22.9 Å². The zero-order valence-corrected chi connectivity index (χ0v) is 18.4. The second-order valence-electron chi connectivity index (χ2n) is 7.50. The van der Waals surface area contributed by atoms with Gasteiger partial charge in [0.15, 0.2) is 6.61 Å². The SMILES string of the molecule is Cc1ccc(NC(=O)COc2cc(F)ccc2[N+](=O)[O-])cc1S(=O)(=O)N1CCCCCC1. The molecule has 0 bridgehead atoms. The summed E-state index contributed by atoms with van der Waals surface area (Å²) in [5, 5.41) is 13.5. The molecule has 0 atom stereocenters. The number of ether oxygens (including phenoxy) is 1. The average Bonchev–Trinajstić information content (AvgIpc) is 3.03. The van der Waals surface area contributed by atoms with Crippen molar-refractivity contribution in [3.8, 4) is 5.75 Å². The summed E-state index contributed by atoms with van der Waals surface area (Å²) in [7, 11) is -3.72. The van der Waals surface area contributed by atoms with E-state index >= 15 is 0 Å². The van der Waals surface area contributed by atoms with Crippen molar-refractivity contribution in [3.63, 3.8) is 0 Å². The molecule has 0 spiro atoms. The third kappa shape index (κ3) is 5.60. The summed E-state index contributed by atoms with van der Waals surface area (Å²) in [6.07, 6.45) is 3.59. The van der Waals surface area contributed by atoms with Gasteiger partial charge in [-0.3, -0.25) is 14.9 Å². The van der Waals surface area contributed by atoms with Crippen LogP contribution in [0.5, 0.6) is 5.75 Å². The Bertz CT molecular complexity index is 1110. The first-order valence-corrected chi connectivity index (χ1v) is 11.6. The molecule has 1 N–H and O–H groups in total. The van der Waals surface area contributed by atoms with Gasteiger partial charge < -0.3 is 10.1 Å². The van der Waals surface area contributed by atoms with Crippen LogP contribution in [-0.4, -0.2) is 43.2 Å². The van der Waals surface area contributed by atoms with Gasteiger partial charge in [0.1, 0.15) is 5.82 Å². The van der Waals surface area contributed by atoms with Crippen molar-refractivity contribution in [2.24, 2.45) is 0 Å². The fourth-order valence-corrected chi connectivity index (χ4v) is 5.24. The normalized spacial score (nSPS) is 15.1. The minimum atomic E-state index is -3.72. The number of amides is 1. The van der Waals surface area contributed by atoms with Crippen LogP contribution in [0.25, 0.3) is 0 Å². The number of anilines is 1. The predicted octanol–water partition coefficient (Wildman–Crippen LogP) is 3.62. The van der Waals surface area contributed by atoms with E-state index in [0.717, 1.165) is 43.9 Å². The van der Waals surface area contributed by atoms with E-state index in [4.69, 9.17) is 4.74 Å². The maximum Gasteiger partial charge on any atom is 0.311 e. The van der Waals surface area contributed by atoms with Crippen molar-refractivity contribution >= 4 is 27.3 Å². The van der Waals surface area contributed by atoms with E-state index in [0.29, 0.717) is 18.7 Å². The van der Waals surface area contributed by atoms with Crippen LogP contribution < -0.4 is 10.1 Å². The number of nitrogens with one attached hydrogen (secondary N) is 1. The Morgan fingerprint density at radius 3 is 2.50 bits per heavy atom. The van der Waals surface area contributed by atoms with Gasteiger partial charge in [-0.05, 0) is 43.5 Å². The number of carbonyl (C=O) groups excluding carboxylic acids is 1. The van der Waals surface area contributed by atoms with Crippen LogP contribution in [0.3, 0.4) is 0 Å². The van der Waals surface area contributed by atoms with Gasteiger partial charge in [0, 0.05) is 30.9 Å². The summed E-state index contributed by atoms with van der Waals surface area (Å²) < 4.78 is 46.3. The van der Waals surface area contributed by atoms with Crippen LogP contribution in [0.2, 0.25) is 0 Å². The molecule has 172 valence electrons. The largest absolute Gasteiger partial charge is 0.477 e. The van der Waals surface area contributed by atoms with E-state index < -0.39 is 39.0 Å². The molecule has 2 aromatic carbocycles. The lowest BCUT2D eigenvalue weighted by molar-refractivity contribution is -0.385. The average molecular weight is 466 g/mol. The van der Waals surface area contributed by atoms with E-state index in [1.54, 1.807) is 19.1 Å². The number of aryl methyl sites for hydroxylation is 1. The van der Waals surface area contributed by atoms with Gasteiger partial charge >= 0.3 is 5.69 Å². The lowest BCUT2D eigenvalue weighted by Crippen LogP contribution is -2.32. The summed E-state index contributed by atoms with van der Waals surface area (Å²) >= 11 is 0. The maximum atomic E-state index is 13.4. The van der Waals surface area contributed by atoms with Gasteiger partial charge in [-0.2, -0.15) is 4.31 Å². The third-order valence-electron chi connectivity index (χ3n) is 5.13. The lowest BCUT2D eigenvalue weighted by Gasteiger charge is -2.21. The highest BCUT2D eigenvalue weighted by Gasteiger charge is 2.27. The minimum Gasteiger partial charge on any atom is -0.477 e. The second kappa shape index (κ2) is 10.0. The number of nitrogens with zero attached hydrogens (tertiary/aromatic N) is 2. The molecule has 1 amide bonds. The van der Waals surface area contributed by atoms with Gasteiger partial charge in [-0.15, -0.1) is 0 Å². The van der Waals surface area contributed by atoms with Gasteiger partial charge in [0.05, 0.1) is 9.82 Å². The molecule has 1 aliphatic rings. The van der Waals surface area contributed by atoms with Gasteiger partial charge in [0.25, 0.3) is 5.91 Å². The van der Waals surface area contributed by atoms with Crippen LogP contribution in [0.15, 0.2) is 41.3 Å². The number of nitro benzene ring substituents is 1. The number of nitro groups is 1. The highest BCUT2D eigenvalue weighted by atomic mass is 32.2. The van der Waals surface area contributed by atoms with Crippen LogP contribution in [0.1, 0.15) is 31.2 Å². The highest BCUT2D eigenvalue weighted by Crippen LogP contribution is 2.28. The molecule has 3 rings (SSSR count). The fraction of sp³-hybridized carbons (Fsp3) is 0.381. The number of hydrogen-bond donors (Lipinski definition) is 1. The van der Waals surface area contributed by atoms with Crippen molar-refractivity contribution in [2.45, 2.75) is 37.5 Å². The summed E-state index contributed by atoms with van der Waals surface area (Å²) in [5.74, 6) is -1.79. The van der Waals surface area contributed by atoms with E-state index in [9.17, 15) is 27.7 Å². The monoisotopic (exact) mass is 465 g/mol. The number of carbonyl (C=O) groups is 1. The van der Waals surface area contributed by atoms with Crippen molar-refractivity contribution in [3.05, 3.63) is 57.9 Å². The third-order valence-corrected chi connectivity index (χ3v) is 7.17. The van der Waals surface area contributed by atoms with Crippen LogP contribution in [0.4, 0.5) is 15.8 Å². The Morgan fingerprint density at radius 2 is 1.84 bits per heavy atom. The molecule has 1 aliphatic heterocycles. The lowest BCUT2D eigenvalue weighted by atomic mass is 10.2. The van der Waals surface area contributed by atoms with Crippen molar-refractivity contribution in [2.75, 3.05) is 25.0 Å². The molecular formula is C21H24FN3O6S. The number of benzene rings is 2. The number of sulfonamides is 1. The second-order valence-corrected chi connectivity index (χ2v) is 9.41. The highest BCUT2D eigenvalue weighted by molar-refractivity contribution is 7.89. The van der Waals surface area contributed by atoms with Crippen molar-refractivity contribution in [1.29, 1.82) is 0 Å². The summed E-state index contributed by atoms with van der Waals surface area (Å²) in [6, 6.07) is 7.23. The molecule has 0 saturated carbocycles. The molecule has 1 fully saturated rings. The Morgan fingerprint density at radius 1 is 1.16 bits per heavy atom. The molecule has 1 saturated heterocycles. The van der Waals surface area contributed by atoms with E-state index in [1.165, 1.54) is 10.4 Å². The summed E-state index contributed by atoms with van der Waals surface area (Å²) in [6.45, 7) is 1.98. The first-order valence-electron chi connectivity index (χ1n) is 10.2. The van der Waals surface area contributed by atoms with Gasteiger partial charge in [0.2, 0.25) is 15.8 Å². The molecule has 0 aliphatic carbocycles. The molecule has 0 unspecified atom stereocenters. The first kappa shape index (κ1) is 23.6. The summed E-state index contributed by atoms with van der Waals surface area (Å²) in [5.41, 5.74) is 0.325. The van der Waals surface area contributed by atoms with Gasteiger partial charge in [-0.25, -0.2) is 12.8 Å². The Hall–Kier alpha value is -3.05. The molecule has 2 aromatic rings. The molecule has 11 heteroatoms. The topological polar surface area (TPSA) is 119 Å². The Labute approximate surface area is 185 Å². The first-order chi connectivity index (χ1) is 15.2. The van der Waals surface area contributed by atoms with E-state index in [2.05, 4.69) is 5.32 Å². The summed E-state index contributed by atoms with van der Waals surface area (Å²) in [4.78, 5) is 22.7. The maximum absolute atomic E-state index is 13.4. The zero-order chi connectivity index (χ0) is 23.3. The molecule has 0 radical (unpaired) electrons. The number of rotatable bonds is 7. The van der Waals surface area contributed by atoms with Crippen LogP contribution in [-0.2, 0) is 14.8 Å². The molecule has 1 heterocycles. The molecular weight excluding hydrogens is 441 g/mol. The predicted molar refractivity (Wildman–Crippen MR) is 116 cm³/mol. The number of halogens is 1. The molecule has 9 nitrogen and oxygen atoms in total.